The van der Waals surface area contributed by atoms with Crippen molar-refractivity contribution in [3.05, 3.63) is 89.5 Å². The first-order valence-corrected chi connectivity index (χ1v) is 12.0. The SMILES string of the molecule is CC.CC.CCC(C)(CC)c1ccccc1N(c1ccc(C)cc1)c1ccc(C)cc1. The molecule has 168 valence electrons. The molecule has 3 aromatic carbocycles. The topological polar surface area (TPSA) is 3.24 Å². The molecule has 0 saturated heterocycles. The van der Waals surface area contributed by atoms with Gasteiger partial charge in [-0.2, -0.15) is 0 Å². The fourth-order valence-electron chi connectivity index (χ4n) is 3.62. The van der Waals surface area contributed by atoms with E-state index in [-0.39, 0.29) is 5.41 Å². The van der Waals surface area contributed by atoms with E-state index in [2.05, 4.69) is 112 Å². The number of para-hydroxylation sites is 1. The monoisotopic (exact) mass is 417 g/mol. The molecule has 1 nitrogen and oxygen atoms in total. The maximum atomic E-state index is 2.40. The predicted molar refractivity (Wildman–Crippen MR) is 141 cm³/mol. The fourth-order valence-corrected chi connectivity index (χ4v) is 3.62. The number of hydrogen-bond acceptors (Lipinski definition) is 1. The number of hydrogen-bond donors (Lipinski definition) is 0. The Morgan fingerprint density at radius 2 is 1.00 bits per heavy atom. The van der Waals surface area contributed by atoms with Crippen LogP contribution < -0.4 is 4.90 Å². The first-order chi connectivity index (χ1) is 15.0. The van der Waals surface area contributed by atoms with Crippen molar-refractivity contribution >= 4 is 17.1 Å². The van der Waals surface area contributed by atoms with Crippen LogP contribution in [0.5, 0.6) is 0 Å². The molecule has 0 saturated carbocycles. The molecule has 3 rings (SSSR count). The first kappa shape index (κ1) is 26.5. The first-order valence-electron chi connectivity index (χ1n) is 12.0. The quantitative estimate of drug-likeness (QED) is 0.385. The lowest BCUT2D eigenvalue weighted by atomic mass is 9.76. The highest BCUT2D eigenvalue weighted by Gasteiger charge is 2.27. The van der Waals surface area contributed by atoms with Crippen LogP contribution in [0.2, 0.25) is 0 Å². The number of benzene rings is 3. The highest BCUT2D eigenvalue weighted by atomic mass is 15.1. The summed E-state index contributed by atoms with van der Waals surface area (Å²) in [4.78, 5) is 2.40. The molecule has 0 aliphatic heterocycles. The van der Waals surface area contributed by atoms with Gasteiger partial charge in [0, 0.05) is 17.1 Å². The van der Waals surface area contributed by atoms with Gasteiger partial charge in [0.2, 0.25) is 0 Å². The average Bonchev–Trinajstić information content (AvgIpc) is 2.84. The van der Waals surface area contributed by atoms with Crippen molar-refractivity contribution in [3.8, 4) is 0 Å². The molecule has 0 aliphatic carbocycles. The Hall–Kier alpha value is -2.54. The van der Waals surface area contributed by atoms with Gasteiger partial charge in [-0.05, 0) is 68.0 Å². The van der Waals surface area contributed by atoms with Crippen LogP contribution >= 0.6 is 0 Å². The van der Waals surface area contributed by atoms with Crippen molar-refractivity contribution in [2.45, 2.75) is 80.6 Å². The van der Waals surface area contributed by atoms with E-state index in [0.717, 1.165) is 12.8 Å². The summed E-state index contributed by atoms with van der Waals surface area (Å²) in [7, 11) is 0. The van der Waals surface area contributed by atoms with Gasteiger partial charge < -0.3 is 4.90 Å². The molecular weight excluding hydrogens is 374 g/mol. The van der Waals surface area contributed by atoms with Crippen molar-refractivity contribution in [2.24, 2.45) is 0 Å². The highest BCUT2D eigenvalue weighted by molar-refractivity contribution is 5.79. The predicted octanol–water partition coefficient (Wildman–Crippen LogP) is 9.90. The van der Waals surface area contributed by atoms with Gasteiger partial charge in [0.1, 0.15) is 0 Å². The number of nitrogens with zero attached hydrogens (tertiary/aromatic N) is 1. The average molecular weight is 418 g/mol. The molecule has 0 bridgehead atoms. The minimum absolute atomic E-state index is 0.157. The summed E-state index contributed by atoms with van der Waals surface area (Å²) in [6, 6.07) is 26.6. The molecule has 0 unspecified atom stereocenters. The van der Waals surface area contributed by atoms with E-state index in [9.17, 15) is 0 Å². The molecule has 0 radical (unpaired) electrons. The summed E-state index contributed by atoms with van der Waals surface area (Å²) in [6.07, 6.45) is 2.24. The molecule has 0 aromatic heterocycles. The Bertz CT molecular complexity index is 826. The van der Waals surface area contributed by atoms with Gasteiger partial charge in [0.15, 0.2) is 0 Å². The third-order valence-electron chi connectivity index (χ3n) is 5.94. The van der Waals surface area contributed by atoms with E-state index in [4.69, 9.17) is 0 Å². The zero-order valence-electron chi connectivity index (χ0n) is 21.3. The summed E-state index contributed by atoms with van der Waals surface area (Å²) in [6.45, 7) is 19.2. The van der Waals surface area contributed by atoms with Crippen LogP contribution in [0.15, 0.2) is 72.8 Å². The van der Waals surface area contributed by atoms with Crippen molar-refractivity contribution in [2.75, 3.05) is 4.90 Å². The Kier molecular flexibility index (Phi) is 11.1. The maximum absolute atomic E-state index is 2.40. The molecule has 0 fully saturated rings. The summed E-state index contributed by atoms with van der Waals surface area (Å²) in [5.41, 5.74) is 7.81. The molecule has 1 heteroatoms. The maximum Gasteiger partial charge on any atom is 0.0499 e. The second kappa shape index (κ2) is 13.0. The van der Waals surface area contributed by atoms with Crippen molar-refractivity contribution in [1.82, 2.24) is 0 Å². The highest BCUT2D eigenvalue weighted by Crippen LogP contribution is 2.43. The standard InChI is InChI=1S/C26H31N.2C2H6/c1-6-26(5,7-2)24-10-8-9-11-25(24)27(22-16-12-20(3)13-17-22)23-18-14-21(4)15-19-23;2*1-2/h8-19H,6-7H2,1-5H3;2*1-2H3. The third kappa shape index (κ3) is 6.47. The van der Waals surface area contributed by atoms with Crippen LogP contribution in [0, 0.1) is 13.8 Å². The van der Waals surface area contributed by atoms with E-state index in [0.29, 0.717) is 0 Å². The molecule has 31 heavy (non-hydrogen) atoms. The van der Waals surface area contributed by atoms with Gasteiger partial charge in [-0.1, -0.05) is 102 Å². The minimum Gasteiger partial charge on any atom is -0.310 e. The molecule has 0 atom stereocenters. The van der Waals surface area contributed by atoms with Crippen LogP contribution in [0.1, 0.15) is 78.0 Å². The third-order valence-corrected chi connectivity index (χ3v) is 5.94. The van der Waals surface area contributed by atoms with Crippen molar-refractivity contribution in [1.29, 1.82) is 0 Å². The number of anilines is 3. The molecule has 0 spiro atoms. The van der Waals surface area contributed by atoms with E-state index < -0.39 is 0 Å². The Morgan fingerprint density at radius 3 is 1.39 bits per heavy atom. The van der Waals surface area contributed by atoms with E-state index in [1.165, 1.54) is 33.8 Å². The van der Waals surface area contributed by atoms with Gasteiger partial charge in [-0.25, -0.2) is 0 Å². The van der Waals surface area contributed by atoms with E-state index in [1.54, 1.807) is 0 Å². The zero-order valence-corrected chi connectivity index (χ0v) is 21.3. The summed E-state index contributed by atoms with van der Waals surface area (Å²) in [5, 5.41) is 0. The van der Waals surface area contributed by atoms with Gasteiger partial charge in [0.05, 0.1) is 0 Å². The molecule has 3 aromatic rings. The molecule has 0 amide bonds. The molecule has 0 aliphatic rings. The molecule has 0 N–H and O–H groups in total. The summed E-state index contributed by atoms with van der Waals surface area (Å²) >= 11 is 0. The summed E-state index contributed by atoms with van der Waals surface area (Å²) in [5.74, 6) is 0. The van der Waals surface area contributed by atoms with Gasteiger partial charge in [0.25, 0.3) is 0 Å². The fraction of sp³-hybridized carbons (Fsp3) is 0.400. The van der Waals surface area contributed by atoms with Crippen LogP contribution in [-0.4, -0.2) is 0 Å². The lowest BCUT2D eigenvalue weighted by molar-refractivity contribution is 0.440. The Balaban J connectivity index is 0.00000113. The molecular formula is C30H43N. The zero-order chi connectivity index (χ0) is 23.4. The minimum atomic E-state index is 0.157. The van der Waals surface area contributed by atoms with Crippen LogP contribution in [0.25, 0.3) is 0 Å². The summed E-state index contributed by atoms with van der Waals surface area (Å²) < 4.78 is 0. The van der Waals surface area contributed by atoms with Crippen LogP contribution in [0.4, 0.5) is 17.1 Å². The largest absolute Gasteiger partial charge is 0.310 e. The van der Waals surface area contributed by atoms with Crippen LogP contribution in [0.3, 0.4) is 0 Å². The number of rotatable bonds is 6. The van der Waals surface area contributed by atoms with Crippen LogP contribution in [-0.2, 0) is 5.41 Å². The van der Waals surface area contributed by atoms with Crippen molar-refractivity contribution in [3.63, 3.8) is 0 Å². The van der Waals surface area contributed by atoms with E-state index in [1.807, 2.05) is 27.7 Å². The van der Waals surface area contributed by atoms with Gasteiger partial charge >= 0.3 is 0 Å². The Labute approximate surface area is 192 Å². The van der Waals surface area contributed by atoms with E-state index >= 15 is 0 Å². The van der Waals surface area contributed by atoms with Crippen molar-refractivity contribution < 1.29 is 0 Å². The smallest absolute Gasteiger partial charge is 0.0499 e. The number of aryl methyl sites for hydroxylation is 2. The lowest BCUT2D eigenvalue weighted by Gasteiger charge is -2.35. The second-order valence-electron chi connectivity index (χ2n) is 7.79. The normalized spacial score (nSPS) is 10.4. The lowest BCUT2D eigenvalue weighted by Crippen LogP contribution is -2.23. The Morgan fingerprint density at radius 1 is 0.613 bits per heavy atom. The van der Waals surface area contributed by atoms with Gasteiger partial charge in [-0.3, -0.25) is 0 Å². The second-order valence-corrected chi connectivity index (χ2v) is 7.79. The molecule has 0 heterocycles. The van der Waals surface area contributed by atoms with Gasteiger partial charge in [-0.15, -0.1) is 0 Å².